The molecule has 1 aliphatic heterocycles. The van der Waals surface area contributed by atoms with Gasteiger partial charge in [-0.25, -0.2) is 23.5 Å². The number of nitrogens with one attached hydrogen (secondary N) is 3. The van der Waals surface area contributed by atoms with Gasteiger partial charge in [-0.15, -0.1) is 0 Å². The Hall–Kier alpha value is -5.75. The van der Waals surface area contributed by atoms with Gasteiger partial charge in [0.1, 0.15) is 18.1 Å². The van der Waals surface area contributed by atoms with Crippen LogP contribution in [0.4, 0.5) is 20.3 Å². The first-order valence-corrected chi connectivity index (χ1v) is 21.6. The molecule has 2 saturated carbocycles. The molecule has 62 heavy (non-hydrogen) atoms. The predicted octanol–water partition coefficient (Wildman–Crippen LogP) is 6.28. The Morgan fingerprint density at radius 3 is 2.58 bits per heavy atom. The molecule has 2 aliphatic carbocycles. The summed E-state index contributed by atoms with van der Waals surface area (Å²) in [6, 6.07) is 8.61. The molecule has 4 aromatic heterocycles. The van der Waals surface area contributed by atoms with Gasteiger partial charge in [0, 0.05) is 64.3 Å². The summed E-state index contributed by atoms with van der Waals surface area (Å²) in [6.07, 6.45) is 10.4. The highest BCUT2D eigenvalue weighted by atomic mass is 19.3. The minimum absolute atomic E-state index is 0.0306. The number of aryl methyl sites for hydroxylation is 2. The molecule has 18 heteroatoms. The number of pyridine rings is 1. The molecule has 5 aromatic rings. The first kappa shape index (κ1) is 42.9. The summed E-state index contributed by atoms with van der Waals surface area (Å²) >= 11 is 0. The molecule has 3 N–H and O–H groups in total. The number of oxazole rings is 1. The number of piperidine rings is 1. The largest absolute Gasteiger partial charge is 0.444 e. The Bertz CT molecular complexity index is 2450. The van der Waals surface area contributed by atoms with Crippen molar-refractivity contribution in [1.82, 2.24) is 39.1 Å². The number of ether oxygens (including phenoxy) is 1. The van der Waals surface area contributed by atoms with Gasteiger partial charge in [-0.3, -0.25) is 33.5 Å². The Labute approximate surface area is 357 Å². The van der Waals surface area contributed by atoms with Gasteiger partial charge < -0.3 is 24.7 Å². The normalized spacial score (nSPS) is 19.4. The van der Waals surface area contributed by atoms with Crippen molar-refractivity contribution in [2.75, 3.05) is 50.5 Å². The third kappa shape index (κ3) is 10.1. The number of hydrogen-bond acceptors (Lipinski definition) is 11. The summed E-state index contributed by atoms with van der Waals surface area (Å²) in [5.41, 5.74) is 2.32. The summed E-state index contributed by atoms with van der Waals surface area (Å²) in [5, 5.41) is 12.5. The quantitative estimate of drug-likeness (QED) is 0.0628. The minimum atomic E-state index is -2.87. The summed E-state index contributed by atoms with van der Waals surface area (Å²) < 4.78 is 44.4. The van der Waals surface area contributed by atoms with Crippen molar-refractivity contribution in [3.63, 3.8) is 0 Å². The number of rotatable bonds is 19. The molecule has 0 radical (unpaired) electrons. The Morgan fingerprint density at radius 1 is 1.02 bits per heavy atom. The number of carbonyl (C=O) groups is 3. The molecule has 5 heterocycles. The van der Waals surface area contributed by atoms with Gasteiger partial charge in [-0.05, 0) is 113 Å². The molecule has 0 bridgehead atoms. The van der Waals surface area contributed by atoms with Crippen LogP contribution in [0.2, 0.25) is 0 Å². The Balaban J connectivity index is 0.740. The van der Waals surface area contributed by atoms with Gasteiger partial charge in [0.05, 0.1) is 22.8 Å². The highest BCUT2D eigenvalue weighted by Gasteiger charge is 2.32. The second-order valence-corrected chi connectivity index (χ2v) is 17.0. The lowest BCUT2D eigenvalue weighted by Crippen LogP contribution is -2.44. The van der Waals surface area contributed by atoms with E-state index in [4.69, 9.17) is 9.15 Å². The van der Waals surface area contributed by atoms with E-state index in [9.17, 15) is 28.0 Å². The fourth-order valence-electron chi connectivity index (χ4n) is 8.61. The Morgan fingerprint density at radius 2 is 1.81 bits per heavy atom. The zero-order chi connectivity index (χ0) is 43.3. The van der Waals surface area contributed by atoms with Gasteiger partial charge in [0.15, 0.2) is 11.4 Å². The number of aromatic nitrogens is 6. The number of halogens is 2. The van der Waals surface area contributed by atoms with Crippen LogP contribution in [-0.4, -0.2) is 91.4 Å². The highest BCUT2D eigenvalue weighted by molar-refractivity contribution is 6.03. The summed E-state index contributed by atoms with van der Waals surface area (Å²) in [7, 11) is 3.81. The van der Waals surface area contributed by atoms with Crippen molar-refractivity contribution < 1.29 is 32.3 Å². The number of amides is 3. The maximum atomic E-state index is 14.1. The van der Waals surface area contributed by atoms with Crippen LogP contribution in [0.5, 0.6) is 0 Å². The number of hydrogen-bond donors (Lipinski definition) is 3. The zero-order valence-corrected chi connectivity index (χ0v) is 35.2. The van der Waals surface area contributed by atoms with E-state index in [1.807, 2.05) is 18.2 Å². The number of imide groups is 1. The van der Waals surface area contributed by atoms with Crippen LogP contribution in [0.1, 0.15) is 104 Å². The molecule has 3 amide bonds. The van der Waals surface area contributed by atoms with E-state index in [-0.39, 0.29) is 41.3 Å². The van der Waals surface area contributed by atoms with Gasteiger partial charge in [-0.1, -0.05) is 6.07 Å². The molecule has 16 nitrogen and oxygen atoms in total. The number of carbonyl (C=O) groups excluding carboxylic acids is 3. The van der Waals surface area contributed by atoms with Crippen LogP contribution in [0.25, 0.3) is 22.5 Å². The zero-order valence-electron chi connectivity index (χ0n) is 35.2. The number of imidazole rings is 1. The van der Waals surface area contributed by atoms with E-state index in [0.717, 1.165) is 75.7 Å². The maximum absolute atomic E-state index is 14.1. The van der Waals surface area contributed by atoms with E-state index >= 15 is 0 Å². The predicted molar refractivity (Wildman–Crippen MR) is 227 cm³/mol. The first-order valence-electron chi connectivity index (χ1n) is 21.6. The fourth-order valence-corrected chi connectivity index (χ4v) is 8.61. The molecule has 1 aromatic carbocycles. The highest BCUT2D eigenvalue weighted by Crippen LogP contribution is 2.36. The van der Waals surface area contributed by atoms with E-state index in [1.165, 1.54) is 29.9 Å². The Kier molecular flexibility index (Phi) is 13.2. The van der Waals surface area contributed by atoms with Gasteiger partial charge in [0.25, 0.3) is 12.3 Å². The number of alkyl halides is 2. The van der Waals surface area contributed by atoms with E-state index < -0.39 is 30.0 Å². The van der Waals surface area contributed by atoms with Crippen molar-refractivity contribution in [1.29, 1.82) is 0 Å². The second kappa shape index (κ2) is 19.1. The minimum Gasteiger partial charge on any atom is -0.444 e. The first-order chi connectivity index (χ1) is 30.0. The van der Waals surface area contributed by atoms with Crippen LogP contribution in [0, 0.1) is 11.8 Å². The molecule has 1 atom stereocenters. The van der Waals surface area contributed by atoms with Crippen LogP contribution >= 0.6 is 0 Å². The van der Waals surface area contributed by atoms with Crippen molar-refractivity contribution in [2.24, 2.45) is 18.9 Å². The number of anilines is 2. The molecular weight excluding hydrogens is 803 g/mol. The lowest BCUT2D eigenvalue weighted by atomic mass is 9.86. The lowest BCUT2D eigenvalue weighted by Gasteiger charge is -2.31. The van der Waals surface area contributed by atoms with Gasteiger partial charge in [0.2, 0.25) is 17.7 Å². The van der Waals surface area contributed by atoms with Crippen molar-refractivity contribution in [2.45, 2.75) is 89.1 Å². The topological polar surface area (TPSA) is 183 Å². The number of fused-ring (bicyclic) bond motifs is 1. The fraction of sp³-hybridized carbons (Fsp3) is 0.523. The molecule has 3 aliphatic rings. The molecular formula is C44H54F2N10O6. The maximum Gasteiger partial charge on any atom is 0.329 e. The van der Waals surface area contributed by atoms with Crippen LogP contribution in [-0.2, 0) is 27.8 Å². The SMILES string of the molecule is CN(CCCOCCCc1ccc2c(c1)n(C)c(=O)n2C1CCC(=O)NC1=O)C[C@H]1CC[C@H](n2cc(NC(=O)c3coc(-c4ccnc(NCC5CC5)c4)n3)c(C(F)F)n2)CC1. The van der Waals surface area contributed by atoms with Crippen molar-refractivity contribution in [3.05, 3.63) is 76.4 Å². The van der Waals surface area contributed by atoms with Crippen LogP contribution in [0.3, 0.4) is 0 Å². The van der Waals surface area contributed by atoms with Gasteiger partial charge in [-0.2, -0.15) is 5.10 Å². The standard InChI is InChI=1S/C44H54F2N10O6/c1-53(18-4-20-61-19-3-5-27-10-13-34-36(21-27)54(2)44(60)56(34)35-14-15-38(57)51-42(35)59)24-29-8-11-31(12-9-29)55-25-32(39(52-55)40(45)46)49-41(58)33-26-62-43(50-33)30-16-17-47-37(22-30)48-23-28-6-7-28/h10,13,16-17,21-22,25-26,28-29,31,35,40H,3-9,11-12,14-15,18-20,23-24H2,1-2H3,(H,47,48)(H,49,58)(H,51,57,59)/t29-,31-,35?. The molecule has 1 saturated heterocycles. The van der Waals surface area contributed by atoms with Gasteiger partial charge >= 0.3 is 5.69 Å². The molecule has 330 valence electrons. The molecule has 0 spiro atoms. The number of benzene rings is 1. The second-order valence-electron chi connectivity index (χ2n) is 17.0. The van der Waals surface area contributed by atoms with Crippen LogP contribution < -0.4 is 21.6 Å². The third-order valence-electron chi connectivity index (χ3n) is 12.2. The monoisotopic (exact) mass is 856 g/mol. The van der Waals surface area contributed by atoms with Crippen LogP contribution in [0.15, 0.2) is 58.2 Å². The van der Waals surface area contributed by atoms with E-state index in [2.05, 4.69) is 43.0 Å². The average molecular weight is 857 g/mol. The smallest absolute Gasteiger partial charge is 0.329 e. The van der Waals surface area contributed by atoms with E-state index in [1.54, 1.807) is 34.6 Å². The third-order valence-corrected chi connectivity index (χ3v) is 12.2. The summed E-state index contributed by atoms with van der Waals surface area (Å²) in [4.78, 5) is 61.3. The average Bonchev–Trinajstić information content (AvgIpc) is 3.68. The number of nitrogens with zero attached hydrogens (tertiary/aromatic N) is 7. The lowest BCUT2D eigenvalue weighted by molar-refractivity contribution is -0.135. The molecule has 8 rings (SSSR count). The van der Waals surface area contributed by atoms with Crippen molar-refractivity contribution >= 4 is 40.3 Å². The summed E-state index contributed by atoms with van der Waals surface area (Å²) in [5.74, 6) is 0.641. The molecule has 3 fully saturated rings. The molecule has 1 unspecified atom stereocenters. The van der Waals surface area contributed by atoms with E-state index in [0.29, 0.717) is 48.4 Å². The summed E-state index contributed by atoms with van der Waals surface area (Å²) in [6.45, 7) is 3.93. The van der Waals surface area contributed by atoms with Crippen molar-refractivity contribution in [3.8, 4) is 11.5 Å².